The van der Waals surface area contributed by atoms with E-state index in [0.29, 0.717) is 11.4 Å². The van der Waals surface area contributed by atoms with Crippen LogP contribution in [0.1, 0.15) is 5.56 Å². The van der Waals surface area contributed by atoms with Crippen molar-refractivity contribution in [1.29, 1.82) is 0 Å². The zero-order valence-corrected chi connectivity index (χ0v) is 8.62. The molecule has 3 heteroatoms. The standard InChI is InChI=1S/C11H11ClO2/c1-14-11(13)8-4-6-9-5-2-3-7-10(9)12/h2-5,7-8H,6H2,1H3/b8-4-. The monoisotopic (exact) mass is 210 g/mol. The van der Waals surface area contributed by atoms with Gasteiger partial charge < -0.3 is 4.74 Å². The van der Waals surface area contributed by atoms with Crippen LogP contribution in [0.2, 0.25) is 5.02 Å². The maximum atomic E-state index is 10.7. The fraction of sp³-hybridized carbons (Fsp3) is 0.182. The second-order valence-corrected chi connectivity index (χ2v) is 3.13. The molecule has 0 atom stereocenters. The van der Waals surface area contributed by atoms with Gasteiger partial charge in [-0.3, -0.25) is 0 Å². The molecule has 0 radical (unpaired) electrons. The van der Waals surface area contributed by atoms with E-state index in [9.17, 15) is 4.79 Å². The molecular weight excluding hydrogens is 200 g/mol. The predicted molar refractivity (Wildman–Crippen MR) is 56.3 cm³/mol. The van der Waals surface area contributed by atoms with Gasteiger partial charge in [-0.25, -0.2) is 4.79 Å². The molecule has 2 nitrogen and oxygen atoms in total. The zero-order chi connectivity index (χ0) is 10.4. The molecule has 0 spiro atoms. The summed E-state index contributed by atoms with van der Waals surface area (Å²) in [5, 5.41) is 0.710. The lowest BCUT2D eigenvalue weighted by atomic mass is 10.1. The van der Waals surface area contributed by atoms with Crippen LogP contribution in [-0.4, -0.2) is 13.1 Å². The smallest absolute Gasteiger partial charge is 0.330 e. The normalized spacial score (nSPS) is 10.4. The average molecular weight is 211 g/mol. The van der Waals surface area contributed by atoms with Crippen molar-refractivity contribution in [2.75, 3.05) is 7.11 Å². The number of halogens is 1. The summed E-state index contributed by atoms with van der Waals surface area (Å²) >= 11 is 5.92. The molecule has 0 bridgehead atoms. The zero-order valence-electron chi connectivity index (χ0n) is 7.87. The Balaban J connectivity index is 2.58. The maximum Gasteiger partial charge on any atom is 0.330 e. The van der Waals surface area contributed by atoms with Gasteiger partial charge in [0.2, 0.25) is 0 Å². The lowest BCUT2D eigenvalue weighted by molar-refractivity contribution is -0.134. The Labute approximate surface area is 88.1 Å². The Morgan fingerprint density at radius 1 is 1.50 bits per heavy atom. The highest BCUT2D eigenvalue weighted by molar-refractivity contribution is 6.31. The first-order chi connectivity index (χ1) is 6.74. The van der Waals surface area contributed by atoms with Gasteiger partial charge in [0.25, 0.3) is 0 Å². The van der Waals surface area contributed by atoms with E-state index in [1.54, 1.807) is 6.08 Å². The Morgan fingerprint density at radius 3 is 2.86 bits per heavy atom. The van der Waals surface area contributed by atoms with Crippen LogP contribution in [0.5, 0.6) is 0 Å². The number of methoxy groups -OCH3 is 1. The van der Waals surface area contributed by atoms with Gasteiger partial charge in [0, 0.05) is 11.1 Å². The van der Waals surface area contributed by atoms with E-state index in [2.05, 4.69) is 4.74 Å². The summed E-state index contributed by atoms with van der Waals surface area (Å²) in [5.41, 5.74) is 0.995. The van der Waals surface area contributed by atoms with Crippen LogP contribution in [0.4, 0.5) is 0 Å². The summed E-state index contributed by atoms with van der Waals surface area (Å²) in [5.74, 6) is -0.350. The quantitative estimate of drug-likeness (QED) is 0.566. The largest absolute Gasteiger partial charge is 0.466 e. The summed E-state index contributed by atoms with van der Waals surface area (Å²) in [6.45, 7) is 0. The molecule has 0 aliphatic rings. The Bertz CT molecular complexity index is 345. The number of carbonyl (C=O) groups excluding carboxylic acids is 1. The third-order valence-electron chi connectivity index (χ3n) is 1.75. The van der Waals surface area contributed by atoms with Gasteiger partial charge in [-0.05, 0) is 18.1 Å². The SMILES string of the molecule is COC(=O)/C=C\Cc1ccccc1Cl. The highest BCUT2D eigenvalue weighted by atomic mass is 35.5. The van der Waals surface area contributed by atoms with Crippen molar-refractivity contribution >= 4 is 17.6 Å². The minimum absolute atomic E-state index is 0.350. The van der Waals surface area contributed by atoms with Gasteiger partial charge in [-0.15, -0.1) is 0 Å². The number of hydrogen-bond donors (Lipinski definition) is 0. The highest BCUT2D eigenvalue weighted by Gasteiger charge is 1.96. The van der Waals surface area contributed by atoms with Crippen LogP contribution in [0.25, 0.3) is 0 Å². The van der Waals surface area contributed by atoms with Crippen LogP contribution in [-0.2, 0) is 16.0 Å². The Hall–Kier alpha value is -1.28. The van der Waals surface area contributed by atoms with Crippen LogP contribution in [0.15, 0.2) is 36.4 Å². The van der Waals surface area contributed by atoms with Gasteiger partial charge >= 0.3 is 5.97 Å². The first kappa shape index (κ1) is 10.8. The van der Waals surface area contributed by atoms with Gasteiger partial charge in [-0.1, -0.05) is 35.9 Å². The molecule has 0 unspecified atom stereocenters. The number of rotatable bonds is 3. The molecular formula is C11H11ClO2. The van der Waals surface area contributed by atoms with Crippen LogP contribution in [0.3, 0.4) is 0 Å². The highest BCUT2D eigenvalue weighted by Crippen LogP contribution is 2.15. The average Bonchev–Trinajstić information content (AvgIpc) is 2.20. The van der Waals surface area contributed by atoms with Crippen molar-refractivity contribution in [1.82, 2.24) is 0 Å². The van der Waals surface area contributed by atoms with E-state index in [0.717, 1.165) is 5.56 Å². The summed E-state index contributed by atoms with van der Waals surface area (Å²) in [6.07, 6.45) is 3.76. The van der Waals surface area contributed by atoms with Crippen molar-refractivity contribution in [2.45, 2.75) is 6.42 Å². The van der Waals surface area contributed by atoms with Crippen molar-refractivity contribution in [3.05, 3.63) is 47.0 Å². The molecule has 0 aliphatic heterocycles. The van der Waals surface area contributed by atoms with Crippen molar-refractivity contribution in [3.63, 3.8) is 0 Å². The second kappa shape index (κ2) is 5.45. The third-order valence-corrected chi connectivity index (χ3v) is 2.12. The molecule has 0 aromatic heterocycles. The minimum Gasteiger partial charge on any atom is -0.466 e. The lowest BCUT2D eigenvalue weighted by Gasteiger charge is -1.98. The van der Waals surface area contributed by atoms with Crippen LogP contribution < -0.4 is 0 Å². The van der Waals surface area contributed by atoms with Crippen molar-refractivity contribution in [2.24, 2.45) is 0 Å². The molecule has 0 aliphatic carbocycles. The molecule has 0 fully saturated rings. The fourth-order valence-electron chi connectivity index (χ4n) is 1.01. The maximum absolute atomic E-state index is 10.7. The third kappa shape index (κ3) is 3.23. The minimum atomic E-state index is -0.350. The van der Waals surface area contributed by atoms with E-state index < -0.39 is 0 Å². The number of benzene rings is 1. The van der Waals surface area contributed by atoms with Gasteiger partial charge in [0.1, 0.15) is 0 Å². The van der Waals surface area contributed by atoms with Crippen LogP contribution in [0, 0.1) is 0 Å². The summed E-state index contributed by atoms with van der Waals surface area (Å²) in [4.78, 5) is 10.7. The molecule has 0 saturated carbocycles. The van der Waals surface area contributed by atoms with Gasteiger partial charge in [-0.2, -0.15) is 0 Å². The lowest BCUT2D eigenvalue weighted by Crippen LogP contribution is -1.94. The van der Waals surface area contributed by atoms with Crippen molar-refractivity contribution < 1.29 is 9.53 Å². The number of carbonyl (C=O) groups is 1. The summed E-state index contributed by atoms with van der Waals surface area (Å²) in [6, 6.07) is 7.52. The van der Waals surface area contributed by atoms with E-state index in [1.807, 2.05) is 24.3 Å². The first-order valence-electron chi connectivity index (χ1n) is 4.22. The molecule has 0 saturated heterocycles. The number of esters is 1. The molecule has 0 amide bonds. The molecule has 1 aromatic carbocycles. The second-order valence-electron chi connectivity index (χ2n) is 2.72. The molecule has 1 rings (SSSR count). The van der Waals surface area contributed by atoms with Crippen molar-refractivity contribution in [3.8, 4) is 0 Å². The van der Waals surface area contributed by atoms with Crippen LogP contribution >= 0.6 is 11.6 Å². The number of allylic oxidation sites excluding steroid dienone is 1. The van der Waals surface area contributed by atoms with Gasteiger partial charge in [0.05, 0.1) is 7.11 Å². The van der Waals surface area contributed by atoms with E-state index in [1.165, 1.54) is 13.2 Å². The fourth-order valence-corrected chi connectivity index (χ4v) is 1.23. The first-order valence-corrected chi connectivity index (χ1v) is 4.59. The topological polar surface area (TPSA) is 26.3 Å². The van der Waals surface area contributed by atoms with E-state index in [-0.39, 0.29) is 5.97 Å². The molecule has 14 heavy (non-hydrogen) atoms. The molecule has 74 valence electrons. The molecule has 0 heterocycles. The number of ether oxygens (including phenoxy) is 1. The predicted octanol–water partition coefficient (Wildman–Crippen LogP) is 2.61. The summed E-state index contributed by atoms with van der Waals surface area (Å²) in [7, 11) is 1.35. The van der Waals surface area contributed by atoms with E-state index >= 15 is 0 Å². The summed E-state index contributed by atoms with van der Waals surface area (Å²) < 4.78 is 4.46. The molecule has 0 N–H and O–H groups in total. The van der Waals surface area contributed by atoms with Gasteiger partial charge in [0.15, 0.2) is 0 Å². The number of hydrogen-bond acceptors (Lipinski definition) is 2. The Morgan fingerprint density at radius 2 is 2.21 bits per heavy atom. The Kier molecular flexibility index (Phi) is 4.20. The van der Waals surface area contributed by atoms with E-state index in [4.69, 9.17) is 11.6 Å². The molecule has 1 aromatic rings.